The number of aliphatic hydroxyl groups is 1. The van der Waals surface area contributed by atoms with Crippen LogP contribution in [0.5, 0.6) is 0 Å². The number of nitrogens with one attached hydrogen (secondary N) is 1. The highest BCUT2D eigenvalue weighted by Gasteiger charge is 2.30. The molecule has 0 heterocycles. The maximum absolute atomic E-state index is 12.2. The van der Waals surface area contributed by atoms with E-state index in [0.717, 1.165) is 5.56 Å². The van der Waals surface area contributed by atoms with Crippen molar-refractivity contribution in [1.82, 2.24) is 4.72 Å². The van der Waals surface area contributed by atoms with Crippen molar-refractivity contribution in [1.29, 1.82) is 0 Å². The topological polar surface area (TPSA) is 66.4 Å². The fourth-order valence-corrected chi connectivity index (χ4v) is 3.56. The van der Waals surface area contributed by atoms with Gasteiger partial charge in [-0.3, -0.25) is 0 Å². The fraction of sp³-hybridized carbons (Fsp3) is 0.429. The molecule has 0 radical (unpaired) electrons. The normalized spacial score (nSPS) is 24.6. The minimum absolute atomic E-state index is 0.166. The van der Waals surface area contributed by atoms with E-state index in [0.29, 0.717) is 6.42 Å². The lowest BCUT2D eigenvalue weighted by Crippen LogP contribution is -2.41. The first-order valence-corrected chi connectivity index (χ1v) is 7.82. The molecule has 1 aliphatic carbocycles. The maximum Gasteiger partial charge on any atom is 0.240 e. The molecule has 0 saturated carbocycles. The zero-order valence-corrected chi connectivity index (χ0v) is 11.9. The van der Waals surface area contributed by atoms with Crippen molar-refractivity contribution in [2.24, 2.45) is 5.92 Å². The molecule has 0 aromatic heterocycles. The minimum atomic E-state index is -3.53. The molecule has 0 saturated heterocycles. The molecule has 0 spiro atoms. The Balaban J connectivity index is 2.16. The Morgan fingerprint density at radius 2 is 1.95 bits per heavy atom. The molecule has 2 N–H and O–H groups in total. The molecule has 5 heteroatoms. The molecule has 0 fully saturated rings. The molecule has 0 unspecified atom stereocenters. The number of sulfonamides is 1. The second-order valence-electron chi connectivity index (χ2n) is 5.02. The fourth-order valence-electron chi connectivity index (χ4n) is 2.28. The summed E-state index contributed by atoms with van der Waals surface area (Å²) >= 11 is 0. The Bertz CT molecular complexity index is 561. The molecule has 0 aliphatic heterocycles. The SMILES string of the molecule is Cc1ccc(S(=O)(=O)N[C@H]2CC=C[C@@H]2[C@@H](C)O)cc1. The third-order valence-electron chi connectivity index (χ3n) is 3.41. The number of hydrogen-bond acceptors (Lipinski definition) is 3. The number of hydrogen-bond donors (Lipinski definition) is 2. The molecular weight excluding hydrogens is 262 g/mol. The third-order valence-corrected chi connectivity index (χ3v) is 4.91. The van der Waals surface area contributed by atoms with E-state index in [-0.39, 0.29) is 16.9 Å². The molecule has 2 rings (SSSR count). The lowest BCUT2D eigenvalue weighted by Gasteiger charge is -2.22. The first-order valence-electron chi connectivity index (χ1n) is 6.34. The second-order valence-corrected chi connectivity index (χ2v) is 6.74. The lowest BCUT2D eigenvalue weighted by molar-refractivity contribution is 0.136. The zero-order chi connectivity index (χ0) is 14.0. The van der Waals surface area contributed by atoms with Crippen molar-refractivity contribution >= 4 is 10.0 Å². The molecule has 4 nitrogen and oxygen atoms in total. The summed E-state index contributed by atoms with van der Waals surface area (Å²) in [5.41, 5.74) is 1.02. The summed E-state index contributed by atoms with van der Waals surface area (Å²) in [6, 6.07) is 6.46. The van der Waals surface area contributed by atoms with Crippen molar-refractivity contribution in [3.05, 3.63) is 42.0 Å². The second kappa shape index (κ2) is 5.45. The van der Waals surface area contributed by atoms with Crippen LogP contribution in [0.25, 0.3) is 0 Å². The predicted molar refractivity (Wildman–Crippen MR) is 74.2 cm³/mol. The predicted octanol–water partition coefficient (Wildman–Crippen LogP) is 1.60. The largest absolute Gasteiger partial charge is 0.393 e. The quantitative estimate of drug-likeness (QED) is 0.824. The van der Waals surface area contributed by atoms with Gasteiger partial charge < -0.3 is 5.11 Å². The Kier molecular flexibility index (Phi) is 4.08. The molecule has 1 aromatic carbocycles. The Hall–Kier alpha value is -1.17. The summed E-state index contributed by atoms with van der Waals surface area (Å²) in [7, 11) is -3.53. The summed E-state index contributed by atoms with van der Waals surface area (Å²) in [4.78, 5) is 0.259. The van der Waals surface area contributed by atoms with Crippen LogP contribution in [0.4, 0.5) is 0 Å². The smallest absolute Gasteiger partial charge is 0.240 e. The molecule has 1 aromatic rings. The number of aliphatic hydroxyl groups excluding tert-OH is 1. The van der Waals surface area contributed by atoms with Gasteiger partial charge in [-0.15, -0.1) is 0 Å². The molecule has 0 bridgehead atoms. The van der Waals surface area contributed by atoms with E-state index in [1.807, 2.05) is 19.1 Å². The number of aryl methyl sites for hydroxylation is 1. The van der Waals surface area contributed by atoms with Gasteiger partial charge in [0.25, 0.3) is 0 Å². The standard InChI is InChI=1S/C14H19NO3S/c1-10-6-8-12(9-7-10)19(17,18)15-14-5-3-4-13(14)11(2)16/h3-4,6-9,11,13-16H,5H2,1-2H3/t11-,13-,14+/m1/s1. The van der Waals surface area contributed by atoms with Crippen LogP contribution in [-0.4, -0.2) is 25.7 Å². The minimum Gasteiger partial charge on any atom is -0.393 e. The highest BCUT2D eigenvalue weighted by molar-refractivity contribution is 7.89. The van der Waals surface area contributed by atoms with Crippen LogP contribution in [-0.2, 0) is 10.0 Å². The average Bonchev–Trinajstić information content (AvgIpc) is 2.77. The van der Waals surface area contributed by atoms with Gasteiger partial charge in [-0.1, -0.05) is 29.8 Å². The average molecular weight is 281 g/mol. The van der Waals surface area contributed by atoms with Gasteiger partial charge in [0, 0.05) is 12.0 Å². The first kappa shape index (κ1) is 14.2. The number of benzene rings is 1. The molecule has 1 aliphatic rings. The van der Waals surface area contributed by atoms with Crippen LogP contribution in [0, 0.1) is 12.8 Å². The van der Waals surface area contributed by atoms with Crippen LogP contribution < -0.4 is 4.72 Å². The van der Waals surface area contributed by atoms with Gasteiger partial charge in [0.05, 0.1) is 11.0 Å². The molecular formula is C14H19NO3S. The molecule has 3 atom stereocenters. The van der Waals surface area contributed by atoms with Crippen molar-refractivity contribution in [3.8, 4) is 0 Å². The van der Waals surface area contributed by atoms with E-state index in [9.17, 15) is 13.5 Å². The molecule has 19 heavy (non-hydrogen) atoms. The monoisotopic (exact) mass is 281 g/mol. The highest BCUT2D eigenvalue weighted by atomic mass is 32.2. The Morgan fingerprint density at radius 1 is 1.32 bits per heavy atom. The van der Waals surface area contributed by atoms with Crippen LogP contribution >= 0.6 is 0 Å². The summed E-state index contributed by atoms with van der Waals surface area (Å²) < 4.78 is 27.2. The number of rotatable bonds is 4. The van der Waals surface area contributed by atoms with E-state index < -0.39 is 16.1 Å². The van der Waals surface area contributed by atoms with Gasteiger partial charge >= 0.3 is 0 Å². The van der Waals surface area contributed by atoms with Crippen LogP contribution in [0.3, 0.4) is 0 Å². The van der Waals surface area contributed by atoms with E-state index in [2.05, 4.69) is 4.72 Å². The van der Waals surface area contributed by atoms with Gasteiger partial charge in [-0.2, -0.15) is 0 Å². The van der Waals surface area contributed by atoms with Gasteiger partial charge in [-0.05, 0) is 32.4 Å². The van der Waals surface area contributed by atoms with Gasteiger partial charge in [0.15, 0.2) is 0 Å². The Labute approximate surface area is 114 Å². The van der Waals surface area contributed by atoms with E-state index >= 15 is 0 Å². The van der Waals surface area contributed by atoms with E-state index in [1.165, 1.54) is 0 Å². The van der Waals surface area contributed by atoms with Gasteiger partial charge in [0.2, 0.25) is 10.0 Å². The third kappa shape index (κ3) is 3.23. The summed E-state index contributed by atoms with van der Waals surface area (Å²) in [5.74, 6) is -0.166. The van der Waals surface area contributed by atoms with Crippen molar-refractivity contribution in [2.75, 3.05) is 0 Å². The summed E-state index contributed by atoms with van der Waals surface area (Å²) in [6.45, 7) is 3.59. The van der Waals surface area contributed by atoms with Crippen molar-refractivity contribution < 1.29 is 13.5 Å². The van der Waals surface area contributed by atoms with Crippen molar-refractivity contribution in [2.45, 2.75) is 37.3 Å². The van der Waals surface area contributed by atoms with Crippen LogP contribution in [0.2, 0.25) is 0 Å². The maximum atomic E-state index is 12.2. The van der Waals surface area contributed by atoms with Gasteiger partial charge in [-0.25, -0.2) is 13.1 Å². The van der Waals surface area contributed by atoms with Crippen LogP contribution in [0.15, 0.2) is 41.3 Å². The highest BCUT2D eigenvalue weighted by Crippen LogP contribution is 2.23. The molecule has 104 valence electrons. The first-order chi connectivity index (χ1) is 8.90. The van der Waals surface area contributed by atoms with Crippen LogP contribution in [0.1, 0.15) is 18.9 Å². The summed E-state index contributed by atoms with van der Waals surface area (Å²) in [5, 5.41) is 9.64. The zero-order valence-electron chi connectivity index (χ0n) is 11.1. The van der Waals surface area contributed by atoms with Gasteiger partial charge in [0.1, 0.15) is 0 Å². The van der Waals surface area contributed by atoms with E-state index in [4.69, 9.17) is 0 Å². The van der Waals surface area contributed by atoms with E-state index in [1.54, 1.807) is 31.2 Å². The lowest BCUT2D eigenvalue weighted by atomic mass is 9.99. The molecule has 0 amide bonds. The Morgan fingerprint density at radius 3 is 2.53 bits per heavy atom. The summed E-state index contributed by atoms with van der Waals surface area (Å²) in [6.07, 6.45) is 3.82. The van der Waals surface area contributed by atoms with Crippen molar-refractivity contribution in [3.63, 3.8) is 0 Å².